The first kappa shape index (κ1) is 24.2. The van der Waals surface area contributed by atoms with Crippen LogP contribution in [0.15, 0.2) is 42.6 Å². The molecule has 0 radical (unpaired) electrons. The molecule has 6 nitrogen and oxygen atoms in total. The predicted molar refractivity (Wildman–Crippen MR) is 115 cm³/mol. The van der Waals surface area contributed by atoms with Gasteiger partial charge in [-0.15, -0.1) is 25.6 Å². The van der Waals surface area contributed by atoms with E-state index in [4.69, 9.17) is 0 Å². The number of amides is 1. The third kappa shape index (κ3) is 5.75. The van der Waals surface area contributed by atoms with Crippen LogP contribution in [0.25, 0.3) is 11.0 Å². The maximum Gasteiger partial charge on any atom is 0.573 e. The molecule has 3 rings (SSSR count). The summed E-state index contributed by atoms with van der Waals surface area (Å²) in [7, 11) is 0. The zero-order chi connectivity index (χ0) is 21.9. The van der Waals surface area contributed by atoms with Crippen molar-refractivity contribution < 1.29 is 22.7 Å². The highest BCUT2D eigenvalue weighted by molar-refractivity contribution is 6.07. The number of anilines is 2. The van der Waals surface area contributed by atoms with Crippen LogP contribution in [-0.4, -0.2) is 40.2 Å². The number of hydrogen-bond acceptors (Lipinski definition) is 5. The average molecular weight is 455 g/mol. The highest BCUT2D eigenvalue weighted by Gasteiger charge is 2.31. The summed E-state index contributed by atoms with van der Waals surface area (Å²) in [5.41, 5.74) is 2.58. The minimum atomic E-state index is -4.76. The maximum atomic E-state index is 13.0. The zero-order valence-corrected chi connectivity index (χ0v) is 18.0. The zero-order valence-electron chi connectivity index (χ0n) is 17.2. The van der Waals surface area contributed by atoms with E-state index in [9.17, 15) is 18.0 Å². The van der Waals surface area contributed by atoms with Gasteiger partial charge >= 0.3 is 6.36 Å². The van der Waals surface area contributed by atoms with E-state index in [1.165, 1.54) is 30.5 Å². The fourth-order valence-electron chi connectivity index (χ4n) is 3.03. The van der Waals surface area contributed by atoms with Gasteiger partial charge in [-0.25, -0.2) is 9.97 Å². The Kier molecular flexibility index (Phi) is 7.67. The van der Waals surface area contributed by atoms with Crippen LogP contribution in [0.2, 0.25) is 0 Å². The van der Waals surface area contributed by atoms with E-state index in [0.29, 0.717) is 41.1 Å². The van der Waals surface area contributed by atoms with Gasteiger partial charge in [-0.3, -0.25) is 4.79 Å². The van der Waals surface area contributed by atoms with Gasteiger partial charge in [-0.2, -0.15) is 0 Å². The van der Waals surface area contributed by atoms with Gasteiger partial charge in [0.15, 0.2) is 5.65 Å². The molecule has 166 valence electrons. The molecule has 0 aliphatic carbocycles. The number of ether oxygens (including phenoxy) is 1. The number of halogens is 4. The molecule has 0 atom stereocenters. The molecular weight excluding hydrogens is 433 g/mol. The van der Waals surface area contributed by atoms with Crippen molar-refractivity contribution in [2.24, 2.45) is 0 Å². The molecule has 0 saturated carbocycles. The van der Waals surface area contributed by atoms with E-state index >= 15 is 0 Å². The van der Waals surface area contributed by atoms with Crippen LogP contribution < -0.4 is 10.1 Å². The lowest BCUT2D eigenvalue weighted by atomic mass is 10.1. The molecule has 0 saturated heterocycles. The highest BCUT2D eigenvalue weighted by atomic mass is 35.5. The molecule has 0 aliphatic rings. The Morgan fingerprint density at radius 2 is 1.74 bits per heavy atom. The largest absolute Gasteiger partial charge is 0.573 e. The molecule has 10 heteroatoms. The van der Waals surface area contributed by atoms with Gasteiger partial charge in [0.25, 0.3) is 5.91 Å². The van der Waals surface area contributed by atoms with Crippen LogP contribution in [-0.2, 0) is 0 Å². The van der Waals surface area contributed by atoms with Crippen molar-refractivity contribution >= 4 is 40.7 Å². The topological polar surface area (TPSA) is 67.4 Å². The monoisotopic (exact) mass is 454 g/mol. The molecule has 0 unspecified atom stereocenters. The standard InChI is InChI=1S/C21H21F3N4O2.ClH/c1-4-28(5-2)20(29)17-12-25-19-16(11-6-13(3)26-19)18(17)27-14-7-9-15(10-8-14)30-21(22,23)24;/h6-12H,4-5H2,1-3H3,(H,25,26,27);1H. The summed E-state index contributed by atoms with van der Waals surface area (Å²) in [4.78, 5) is 23.4. The van der Waals surface area contributed by atoms with Gasteiger partial charge in [0.1, 0.15) is 5.75 Å². The molecule has 2 heterocycles. The van der Waals surface area contributed by atoms with Gasteiger partial charge in [-0.05, 0) is 57.2 Å². The SMILES string of the molecule is CCN(CC)C(=O)c1cnc2nc(C)ccc2c1Nc1ccc(OC(F)(F)F)cc1.Cl. The third-order valence-corrected chi connectivity index (χ3v) is 4.51. The van der Waals surface area contributed by atoms with Crippen molar-refractivity contribution in [3.8, 4) is 5.75 Å². The average Bonchev–Trinajstić information content (AvgIpc) is 2.69. The smallest absolute Gasteiger partial charge is 0.406 e. The number of fused-ring (bicyclic) bond motifs is 1. The Hall–Kier alpha value is -3.07. The first-order chi connectivity index (χ1) is 14.2. The quantitative estimate of drug-likeness (QED) is 0.534. The molecule has 0 aliphatic heterocycles. The lowest BCUT2D eigenvalue weighted by Gasteiger charge is -2.21. The van der Waals surface area contributed by atoms with Crippen molar-refractivity contribution in [3.05, 3.63) is 53.9 Å². The minimum Gasteiger partial charge on any atom is -0.406 e. The van der Waals surface area contributed by atoms with Crippen molar-refractivity contribution in [3.63, 3.8) is 0 Å². The summed E-state index contributed by atoms with van der Waals surface area (Å²) in [6.07, 6.45) is -3.29. The van der Waals surface area contributed by atoms with E-state index in [1.807, 2.05) is 26.8 Å². The fraction of sp³-hybridized carbons (Fsp3) is 0.286. The molecular formula is C21H22ClF3N4O2. The number of aryl methyl sites for hydroxylation is 1. The summed E-state index contributed by atoms with van der Waals surface area (Å²) >= 11 is 0. The third-order valence-electron chi connectivity index (χ3n) is 4.51. The second-order valence-corrected chi connectivity index (χ2v) is 6.55. The van der Waals surface area contributed by atoms with Gasteiger partial charge in [-0.1, -0.05) is 0 Å². The van der Waals surface area contributed by atoms with Crippen LogP contribution in [0.3, 0.4) is 0 Å². The number of carbonyl (C=O) groups excluding carboxylic acids is 1. The molecule has 0 fully saturated rings. The minimum absolute atomic E-state index is 0. The van der Waals surface area contributed by atoms with Crippen LogP contribution in [0, 0.1) is 6.92 Å². The Bertz CT molecular complexity index is 1050. The Morgan fingerprint density at radius 1 is 1.10 bits per heavy atom. The van der Waals surface area contributed by atoms with E-state index in [1.54, 1.807) is 11.0 Å². The number of hydrogen-bond donors (Lipinski definition) is 1. The van der Waals surface area contributed by atoms with Crippen LogP contribution in [0.5, 0.6) is 5.75 Å². The van der Waals surface area contributed by atoms with Gasteiger partial charge in [0, 0.05) is 36.1 Å². The van der Waals surface area contributed by atoms with Gasteiger partial charge in [0.05, 0.1) is 11.3 Å². The summed E-state index contributed by atoms with van der Waals surface area (Å²) < 4.78 is 41.1. The summed E-state index contributed by atoms with van der Waals surface area (Å²) in [6, 6.07) is 8.91. The van der Waals surface area contributed by atoms with Gasteiger partial charge < -0.3 is 15.0 Å². The van der Waals surface area contributed by atoms with Crippen molar-refractivity contribution in [2.75, 3.05) is 18.4 Å². The van der Waals surface area contributed by atoms with E-state index in [-0.39, 0.29) is 24.1 Å². The Labute approximate surface area is 183 Å². The van der Waals surface area contributed by atoms with Crippen molar-refractivity contribution in [1.82, 2.24) is 14.9 Å². The number of alkyl halides is 3. The number of rotatable bonds is 6. The molecule has 1 aromatic carbocycles. The van der Waals surface area contributed by atoms with Crippen LogP contribution in [0.1, 0.15) is 29.9 Å². The first-order valence-electron chi connectivity index (χ1n) is 9.40. The van der Waals surface area contributed by atoms with Crippen molar-refractivity contribution in [1.29, 1.82) is 0 Å². The molecule has 0 bridgehead atoms. The fourth-order valence-corrected chi connectivity index (χ4v) is 3.03. The second kappa shape index (κ2) is 9.82. The molecule has 0 spiro atoms. The molecule has 1 N–H and O–H groups in total. The van der Waals surface area contributed by atoms with Crippen LogP contribution in [0.4, 0.5) is 24.5 Å². The lowest BCUT2D eigenvalue weighted by molar-refractivity contribution is -0.274. The Morgan fingerprint density at radius 3 is 2.32 bits per heavy atom. The van der Waals surface area contributed by atoms with E-state index in [0.717, 1.165) is 5.69 Å². The van der Waals surface area contributed by atoms with Crippen molar-refractivity contribution in [2.45, 2.75) is 27.1 Å². The Balaban J connectivity index is 0.00000341. The lowest BCUT2D eigenvalue weighted by Crippen LogP contribution is -2.31. The maximum absolute atomic E-state index is 13.0. The molecule has 1 amide bonds. The van der Waals surface area contributed by atoms with E-state index < -0.39 is 6.36 Å². The number of nitrogens with one attached hydrogen (secondary N) is 1. The normalized spacial score (nSPS) is 11.0. The van der Waals surface area contributed by atoms with Crippen LogP contribution >= 0.6 is 12.4 Å². The summed E-state index contributed by atoms with van der Waals surface area (Å²) in [5, 5.41) is 3.78. The number of carbonyl (C=O) groups is 1. The second-order valence-electron chi connectivity index (χ2n) is 6.55. The molecule has 2 aromatic heterocycles. The number of benzene rings is 1. The van der Waals surface area contributed by atoms with Gasteiger partial charge in [0.2, 0.25) is 0 Å². The first-order valence-corrected chi connectivity index (χ1v) is 9.40. The number of nitrogens with zero attached hydrogens (tertiary/aromatic N) is 3. The summed E-state index contributed by atoms with van der Waals surface area (Å²) in [5.74, 6) is -0.529. The highest BCUT2D eigenvalue weighted by Crippen LogP contribution is 2.31. The molecule has 3 aromatic rings. The summed E-state index contributed by atoms with van der Waals surface area (Å²) in [6.45, 7) is 6.66. The number of aromatic nitrogens is 2. The van der Waals surface area contributed by atoms with E-state index in [2.05, 4.69) is 20.0 Å². The predicted octanol–water partition coefficient (Wildman–Crippen LogP) is 5.48. The molecule has 31 heavy (non-hydrogen) atoms. The number of pyridine rings is 2.